The van der Waals surface area contributed by atoms with Crippen molar-refractivity contribution in [2.45, 2.75) is 76.8 Å². The Morgan fingerprint density at radius 1 is 1.31 bits per heavy atom. The second-order valence-electron chi connectivity index (χ2n) is 5.88. The van der Waals surface area contributed by atoms with E-state index in [1.165, 1.54) is 0 Å². The van der Waals surface area contributed by atoms with E-state index in [0.29, 0.717) is 0 Å². The maximum absolute atomic E-state index is 13.7. The third-order valence-electron chi connectivity index (χ3n) is 4.37. The van der Waals surface area contributed by atoms with Gasteiger partial charge in [0.25, 0.3) is 5.56 Å². The Balaban J connectivity index is 2.07. The Labute approximate surface area is 183 Å². The number of nitrogens with zero attached hydrogens (tertiary/aromatic N) is 3. The lowest BCUT2D eigenvalue weighted by atomic mass is 9.75. The number of hydrogen-bond donors (Lipinski definition) is 1. The lowest BCUT2D eigenvalue weighted by molar-refractivity contribution is 0.262. The van der Waals surface area contributed by atoms with E-state index < -0.39 is 116 Å². The van der Waals surface area contributed by atoms with E-state index in [4.69, 9.17) is 28.8 Å². The number of aromatic nitrogens is 4. The van der Waals surface area contributed by atoms with Gasteiger partial charge in [0.2, 0.25) is 0 Å². The van der Waals surface area contributed by atoms with Gasteiger partial charge in [0, 0.05) is 48.6 Å². The molecule has 2 unspecified atom stereocenters. The Morgan fingerprint density at radius 2 is 2.08 bits per heavy atom. The molecular weight excluding hydrogens is 328 g/mol. The van der Waals surface area contributed by atoms with Crippen molar-refractivity contribution in [3.05, 3.63) is 26.7 Å². The van der Waals surface area contributed by atoms with Gasteiger partial charge < -0.3 is 4.98 Å². The largest absolute Gasteiger partial charge is 0.336 e. The number of rotatable bonds is 5. The molecule has 0 aromatic carbocycles. The maximum Gasteiger partial charge on any atom is 0.332 e. The molecule has 4 aliphatic rings. The van der Waals surface area contributed by atoms with E-state index in [1.54, 1.807) is 0 Å². The highest BCUT2D eigenvalue weighted by Crippen LogP contribution is 2.65. The van der Waals surface area contributed by atoms with Gasteiger partial charge in [-0.05, 0) is 62.3 Å². The third-order valence-corrected chi connectivity index (χ3v) is 4.37. The summed E-state index contributed by atoms with van der Waals surface area (Å²) in [6.07, 6.45) is -26.7. The summed E-state index contributed by atoms with van der Waals surface area (Å²) in [6, 6.07) is 0. The van der Waals surface area contributed by atoms with Crippen LogP contribution in [0.4, 0.5) is 0 Å². The predicted octanol–water partition coefficient (Wildman–Crippen LogP) is 2.78. The van der Waals surface area contributed by atoms with Gasteiger partial charge in [0.05, 0.1) is 0 Å². The molecular formula is C20H28N4O2. The average molecular weight is 379 g/mol. The molecule has 2 aromatic rings. The summed E-state index contributed by atoms with van der Waals surface area (Å²) in [5.41, 5.74) is -9.95. The quantitative estimate of drug-likeness (QED) is 0.869. The summed E-state index contributed by atoms with van der Waals surface area (Å²) in [4.78, 5) is 33.3. The molecule has 4 aliphatic carbocycles. The normalized spacial score (nSPS) is 65.0. The summed E-state index contributed by atoms with van der Waals surface area (Å²) in [5, 5.41) is 0. The second-order valence-corrected chi connectivity index (χ2v) is 5.88. The molecule has 6 rings (SSSR count). The smallest absolute Gasteiger partial charge is 0.332 e. The van der Waals surface area contributed by atoms with Crippen LogP contribution in [0.25, 0.3) is 11.2 Å². The Kier molecular flexibility index (Phi) is 1.10. The number of H-pyrrole nitrogens is 1. The van der Waals surface area contributed by atoms with Crippen LogP contribution in [0.15, 0.2) is 9.59 Å². The van der Waals surface area contributed by atoms with Crippen LogP contribution in [0.1, 0.15) is 94.4 Å². The molecule has 0 aliphatic heterocycles. The third kappa shape index (κ3) is 2.01. The zero-order valence-corrected chi connectivity index (χ0v) is 13.4. The molecule has 0 saturated heterocycles. The highest BCUT2D eigenvalue weighted by Gasteiger charge is 2.59. The lowest BCUT2D eigenvalue weighted by Crippen LogP contribution is -2.40. The van der Waals surface area contributed by atoms with E-state index in [2.05, 4.69) is 9.97 Å². The molecule has 2 atom stereocenters. The predicted molar refractivity (Wildman–Crippen MR) is 100 cm³/mol. The van der Waals surface area contributed by atoms with Crippen molar-refractivity contribution in [1.29, 1.82) is 0 Å². The molecule has 2 heterocycles. The highest BCUT2D eigenvalue weighted by atomic mass is 16.2. The summed E-state index contributed by atoms with van der Waals surface area (Å²) < 4.78 is 187. The minimum absolute atomic E-state index is 0.00250. The Hall–Kier alpha value is -1.85. The number of aromatic amines is 1. The molecule has 4 saturated carbocycles. The topological polar surface area (TPSA) is 72.7 Å². The van der Waals surface area contributed by atoms with Gasteiger partial charge in [-0.3, -0.25) is 13.9 Å². The monoisotopic (exact) mass is 378 g/mol. The summed E-state index contributed by atoms with van der Waals surface area (Å²) in [6.45, 7) is -8.21. The lowest BCUT2D eigenvalue weighted by Gasteiger charge is -2.30. The summed E-state index contributed by atoms with van der Waals surface area (Å²) in [7, 11) is 0. The van der Waals surface area contributed by atoms with Gasteiger partial charge in [-0.1, -0.05) is 13.8 Å². The fraction of sp³-hybridized carbons (Fsp3) is 0.750. The van der Waals surface area contributed by atoms with Crippen molar-refractivity contribution in [3.63, 3.8) is 0 Å². The van der Waals surface area contributed by atoms with Crippen LogP contribution >= 0.6 is 0 Å². The van der Waals surface area contributed by atoms with Crippen molar-refractivity contribution < 1.29 is 30.2 Å². The van der Waals surface area contributed by atoms with Crippen LogP contribution in [-0.2, 0) is 18.5 Å². The van der Waals surface area contributed by atoms with Crippen molar-refractivity contribution >= 4 is 11.2 Å². The van der Waals surface area contributed by atoms with E-state index in [-0.39, 0.29) is 9.13 Å². The van der Waals surface area contributed by atoms with Crippen LogP contribution in [0.3, 0.4) is 0 Å². The van der Waals surface area contributed by atoms with Crippen molar-refractivity contribution in [3.8, 4) is 0 Å². The fourth-order valence-corrected chi connectivity index (χ4v) is 3.29. The molecule has 1 N–H and O–H groups in total. The van der Waals surface area contributed by atoms with Gasteiger partial charge in [0.1, 0.15) is 11.3 Å². The molecule has 4 fully saturated rings. The summed E-state index contributed by atoms with van der Waals surface area (Å²) >= 11 is 0. The maximum atomic E-state index is 13.7. The van der Waals surface area contributed by atoms with Crippen LogP contribution in [0, 0.1) is 17.7 Å². The van der Waals surface area contributed by atoms with Crippen molar-refractivity contribution in [2.75, 3.05) is 0 Å². The van der Waals surface area contributed by atoms with Crippen LogP contribution in [0.2, 0.25) is 0 Å². The van der Waals surface area contributed by atoms with Gasteiger partial charge >= 0.3 is 5.69 Å². The standard InChI is InChI=1S/C20H28N4O2/c1-3-5-23-16-15(17(25)24(6-4-2)19(23)26)21-18(22-16)20-10-12-7-13(11-20)9-14(20)8-12/h12-14H,3-11H2,1-2H3,(H,21,22)/i1D3,3D2,4D2,5D2,7D2,8D2,9D2,10D2,11D2,12D,13D,14D. The molecule has 2 aromatic heterocycles. The molecule has 0 radical (unpaired) electrons. The van der Waals surface area contributed by atoms with Crippen LogP contribution in [0.5, 0.6) is 0 Å². The van der Waals surface area contributed by atoms with Crippen LogP contribution < -0.4 is 11.2 Å². The van der Waals surface area contributed by atoms with Gasteiger partial charge in [-0.25, -0.2) is 9.78 Å². The minimum Gasteiger partial charge on any atom is -0.336 e. The molecule has 6 nitrogen and oxygen atoms in total. The number of fused-ring (bicyclic) bond motifs is 1. The van der Waals surface area contributed by atoms with Crippen molar-refractivity contribution in [1.82, 2.24) is 19.1 Å². The van der Waals surface area contributed by atoms with E-state index in [1.807, 2.05) is 0 Å². The molecule has 0 spiro atoms. The fourth-order valence-electron chi connectivity index (χ4n) is 3.29. The zero-order valence-electron chi connectivity index (χ0n) is 35.4. The van der Waals surface area contributed by atoms with Gasteiger partial charge in [0.15, 0.2) is 5.65 Å². The molecule has 140 valence electrons. The van der Waals surface area contributed by atoms with E-state index in [0.717, 1.165) is 6.92 Å². The van der Waals surface area contributed by atoms with Gasteiger partial charge in [-0.15, -0.1) is 0 Å². The first-order chi connectivity index (χ1) is 20.9. The van der Waals surface area contributed by atoms with Crippen molar-refractivity contribution in [2.24, 2.45) is 17.7 Å². The number of nitrogens with one attached hydrogen (secondary N) is 1. The Bertz CT molecular complexity index is 1840. The molecule has 0 amide bonds. The molecule has 4 bridgehead atoms. The van der Waals surface area contributed by atoms with E-state index in [9.17, 15) is 11.0 Å². The number of hydrogen-bond acceptors (Lipinski definition) is 3. The first-order valence-corrected chi connectivity index (χ1v) is 7.64. The molecule has 26 heavy (non-hydrogen) atoms. The highest BCUT2D eigenvalue weighted by molar-refractivity contribution is 5.70. The van der Waals surface area contributed by atoms with Crippen LogP contribution in [-0.4, -0.2) is 19.1 Å². The first kappa shape index (κ1) is 5.15. The second kappa shape index (κ2) is 5.57. The zero-order chi connectivity index (χ0) is 37.7. The van der Waals surface area contributed by atoms with Gasteiger partial charge in [-0.2, -0.15) is 0 Å². The SMILES string of the molecule is [2H]C([2H])(C)Cn1c(=O)c2[nH]c(C34C([2H])([2H])C5([2H])C([2H])([2H])C([2H])(C([2H])([2H])C3([2H])C5([2H])[2H])C4([2H])[2H])nc2n(C([2H])([2H])C([2H])([2H])C([2H])([2H])[2H])c1=O. The average Bonchev–Trinajstić information content (AvgIpc) is 3.36. The first-order valence-electron chi connectivity index (χ1n) is 18.6. The minimum atomic E-state index is -4.07. The molecule has 6 heteroatoms. The number of imidazole rings is 1. The summed E-state index contributed by atoms with van der Waals surface area (Å²) in [5.74, 6) is -13.4. The van der Waals surface area contributed by atoms with E-state index >= 15 is 0 Å². The Morgan fingerprint density at radius 3 is 2.77 bits per heavy atom. The number of aryl methyl sites for hydroxylation is 1.